The van der Waals surface area contributed by atoms with E-state index in [2.05, 4.69) is 5.32 Å². The second-order valence-electron chi connectivity index (χ2n) is 5.39. The van der Waals surface area contributed by atoms with Gasteiger partial charge in [0.25, 0.3) is 5.91 Å². The molecule has 3 rings (SSSR count). The Bertz CT molecular complexity index is 471. The van der Waals surface area contributed by atoms with Crippen molar-refractivity contribution in [1.82, 2.24) is 10.2 Å². The summed E-state index contributed by atoms with van der Waals surface area (Å²) in [5, 5.41) is 3.46. The molecule has 2 saturated heterocycles. The highest BCUT2D eigenvalue weighted by atomic mass is 19.1. The normalized spacial score (nSPS) is 26.9. The van der Waals surface area contributed by atoms with Crippen LogP contribution >= 0.6 is 0 Å². The van der Waals surface area contributed by atoms with E-state index in [1.54, 1.807) is 18.2 Å². The largest absolute Gasteiger partial charge is 0.334 e. The van der Waals surface area contributed by atoms with Crippen molar-refractivity contribution in [3.8, 4) is 0 Å². The van der Waals surface area contributed by atoms with Gasteiger partial charge in [-0.2, -0.15) is 0 Å². The van der Waals surface area contributed by atoms with Gasteiger partial charge in [0.05, 0.1) is 5.56 Å². The molecule has 0 aliphatic carbocycles. The van der Waals surface area contributed by atoms with Crippen molar-refractivity contribution in [1.29, 1.82) is 0 Å². The van der Waals surface area contributed by atoms with Crippen LogP contribution in [0.2, 0.25) is 0 Å². The van der Waals surface area contributed by atoms with Crippen LogP contribution in [0.3, 0.4) is 0 Å². The Morgan fingerprint density at radius 1 is 1.26 bits per heavy atom. The minimum Gasteiger partial charge on any atom is -0.334 e. The Morgan fingerprint density at radius 3 is 2.84 bits per heavy atom. The van der Waals surface area contributed by atoms with Crippen molar-refractivity contribution >= 4 is 5.91 Å². The standard InChI is InChI=1S/C15H19FN2O/c16-12-6-2-1-5-11(12)15(19)18-10-4-8-14(18)13-7-3-9-17-13/h1-2,5-6,13-14,17H,3-4,7-10H2. The van der Waals surface area contributed by atoms with Gasteiger partial charge in [0, 0.05) is 18.6 Å². The highest BCUT2D eigenvalue weighted by molar-refractivity contribution is 5.94. The Labute approximate surface area is 112 Å². The fourth-order valence-corrected chi connectivity index (χ4v) is 3.29. The van der Waals surface area contributed by atoms with E-state index in [1.807, 2.05) is 4.90 Å². The molecule has 0 spiro atoms. The van der Waals surface area contributed by atoms with E-state index in [0.717, 1.165) is 32.4 Å². The average molecular weight is 262 g/mol. The van der Waals surface area contributed by atoms with Gasteiger partial charge in [-0.25, -0.2) is 4.39 Å². The van der Waals surface area contributed by atoms with Crippen LogP contribution in [0.25, 0.3) is 0 Å². The summed E-state index contributed by atoms with van der Waals surface area (Å²) in [7, 11) is 0. The fourth-order valence-electron chi connectivity index (χ4n) is 3.29. The van der Waals surface area contributed by atoms with Crippen LogP contribution in [0.1, 0.15) is 36.0 Å². The summed E-state index contributed by atoms with van der Waals surface area (Å²) in [5.41, 5.74) is 0.201. The molecule has 0 saturated carbocycles. The van der Waals surface area contributed by atoms with Crippen LogP contribution in [0, 0.1) is 5.82 Å². The SMILES string of the molecule is O=C(c1ccccc1F)N1CCCC1C1CCCN1. The second-order valence-corrected chi connectivity index (χ2v) is 5.39. The molecular formula is C15H19FN2O. The minimum absolute atomic E-state index is 0.158. The number of carbonyl (C=O) groups excluding carboxylic acids is 1. The summed E-state index contributed by atoms with van der Waals surface area (Å²) in [5.74, 6) is -0.577. The third-order valence-electron chi connectivity index (χ3n) is 4.23. The topological polar surface area (TPSA) is 32.3 Å². The van der Waals surface area contributed by atoms with Gasteiger partial charge < -0.3 is 10.2 Å². The Kier molecular flexibility index (Phi) is 3.51. The first-order chi connectivity index (χ1) is 9.27. The molecule has 2 aliphatic rings. The maximum absolute atomic E-state index is 13.7. The Balaban J connectivity index is 1.80. The molecular weight excluding hydrogens is 243 g/mol. The molecule has 102 valence electrons. The number of hydrogen-bond donors (Lipinski definition) is 1. The molecule has 2 heterocycles. The number of benzene rings is 1. The van der Waals surface area contributed by atoms with E-state index in [9.17, 15) is 9.18 Å². The maximum atomic E-state index is 13.7. The molecule has 0 radical (unpaired) electrons. The summed E-state index contributed by atoms with van der Waals surface area (Å²) < 4.78 is 13.7. The Morgan fingerprint density at radius 2 is 2.11 bits per heavy atom. The van der Waals surface area contributed by atoms with Crippen molar-refractivity contribution < 1.29 is 9.18 Å². The number of likely N-dealkylation sites (tertiary alicyclic amines) is 1. The molecule has 4 heteroatoms. The lowest BCUT2D eigenvalue weighted by atomic mass is 10.0. The van der Waals surface area contributed by atoms with Crippen molar-refractivity contribution in [2.75, 3.05) is 13.1 Å². The molecule has 2 fully saturated rings. The van der Waals surface area contributed by atoms with Gasteiger partial charge in [0.15, 0.2) is 0 Å². The lowest BCUT2D eigenvalue weighted by Crippen LogP contribution is -2.46. The highest BCUT2D eigenvalue weighted by Gasteiger charge is 2.36. The number of nitrogens with one attached hydrogen (secondary N) is 1. The molecule has 1 amide bonds. The number of hydrogen-bond acceptors (Lipinski definition) is 2. The van der Waals surface area contributed by atoms with Crippen molar-refractivity contribution in [2.24, 2.45) is 0 Å². The van der Waals surface area contributed by atoms with Crippen LogP contribution in [-0.2, 0) is 0 Å². The van der Waals surface area contributed by atoms with E-state index in [1.165, 1.54) is 12.5 Å². The Hall–Kier alpha value is -1.42. The number of rotatable bonds is 2. The van der Waals surface area contributed by atoms with Gasteiger partial charge in [-0.15, -0.1) is 0 Å². The molecule has 2 atom stereocenters. The predicted molar refractivity (Wildman–Crippen MR) is 71.5 cm³/mol. The molecule has 19 heavy (non-hydrogen) atoms. The molecule has 1 N–H and O–H groups in total. The molecule has 3 nitrogen and oxygen atoms in total. The molecule has 1 aromatic carbocycles. The zero-order valence-corrected chi connectivity index (χ0v) is 10.9. The average Bonchev–Trinajstić information content (AvgIpc) is 3.09. The van der Waals surface area contributed by atoms with Crippen LogP contribution in [0.4, 0.5) is 4.39 Å². The third kappa shape index (κ3) is 2.37. The zero-order chi connectivity index (χ0) is 13.2. The minimum atomic E-state index is -0.419. The lowest BCUT2D eigenvalue weighted by molar-refractivity contribution is 0.0706. The first kappa shape index (κ1) is 12.6. The number of amides is 1. The van der Waals surface area contributed by atoms with Gasteiger partial charge in [-0.1, -0.05) is 12.1 Å². The summed E-state index contributed by atoms with van der Waals surface area (Å²) >= 11 is 0. The molecule has 2 aliphatic heterocycles. The lowest BCUT2D eigenvalue weighted by Gasteiger charge is -2.29. The van der Waals surface area contributed by atoms with Crippen LogP contribution in [0.15, 0.2) is 24.3 Å². The van der Waals surface area contributed by atoms with E-state index in [-0.39, 0.29) is 17.5 Å². The van der Waals surface area contributed by atoms with Gasteiger partial charge in [0.2, 0.25) is 0 Å². The predicted octanol–water partition coefficient (Wildman–Crippen LogP) is 2.18. The van der Waals surface area contributed by atoms with E-state index in [4.69, 9.17) is 0 Å². The first-order valence-corrected chi connectivity index (χ1v) is 7.06. The fraction of sp³-hybridized carbons (Fsp3) is 0.533. The van der Waals surface area contributed by atoms with Crippen molar-refractivity contribution in [3.63, 3.8) is 0 Å². The molecule has 0 aromatic heterocycles. The smallest absolute Gasteiger partial charge is 0.257 e. The van der Waals surface area contributed by atoms with Crippen LogP contribution < -0.4 is 5.32 Å². The van der Waals surface area contributed by atoms with E-state index < -0.39 is 5.82 Å². The van der Waals surface area contributed by atoms with Crippen LogP contribution in [0.5, 0.6) is 0 Å². The molecule has 0 bridgehead atoms. The summed E-state index contributed by atoms with van der Waals surface area (Å²) in [4.78, 5) is 14.4. The second kappa shape index (κ2) is 5.29. The summed E-state index contributed by atoms with van der Waals surface area (Å²) in [6.07, 6.45) is 4.33. The van der Waals surface area contributed by atoms with Crippen LogP contribution in [-0.4, -0.2) is 36.0 Å². The van der Waals surface area contributed by atoms with Gasteiger partial charge in [-0.05, 0) is 44.4 Å². The monoisotopic (exact) mass is 262 g/mol. The number of nitrogens with zero attached hydrogens (tertiary/aromatic N) is 1. The summed E-state index contributed by atoms with van der Waals surface area (Å²) in [6, 6.07) is 6.88. The van der Waals surface area contributed by atoms with Gasteiger partial charge in [-0.3, -0.25) is 4.79 Å². The highest BCUT2D eigenvalue weighted by Crippen LogP contribution is 2.26. The quantitative estimate of drug-likeness (QED) is 0.886. The first-order valence-electron chi connectivity index (χ1n) is 7.06. The van der Waals surface area contributed by atoms with Crippen molar-refractivity contribution in [3.05, 3.63) is 35.6 Å². The van der Waals surface area contributed by atoms with Gasteiger partial charge >= 0.3 is 0 Å². The number of carbonyl (C=O) groups is 1. The number of halogens is 1. The van der Waals surface area contributed by atoms with E-state index in [0.29, 0.717) is 6.04 Å². The van der Waals surface area contributed by atoms with Crippen molar-refractivity contribution in [2.45, 2.75) is 37.8 Å². The zero-order valence-electron chi connectivity index (χ0n) is 10.9. The third-order valence-corrected chi connectivity index (χ3v) is 4.23. The maximum Gasteiger partial charge on any atom is 0.257 e. The van der Waals surface area contributed by atoms with Gasteiger partial charge in [0.1, 0.15) is 5.82 Å². The molecule has 1 aromatic rings. The molecule has 2 unspecified atom stereocenters. The summed E-state index contributed by atoms with van der Waals surface area (Å²) in [6.45, 7) is 1.78. The van der Waals surface area contributed by atoms with E-state index >= 15 is 0 Å².